The van der Waals surface area contributed by atoms with E-state index in [1.54, 1.807) is 20.9 Å². The molecule has 0 fully saturated rings. The largest absolute Gasteiger partial charge is 0.401 e. The van der Waals surface area contributed by atoms with E-state index in [2.05, 4.69) is 10.4 Å². The lowest BCUT2D eigenvalue weighted by atomic mass is 10.0. The number of aryl methyl sites for hydroxylation is 2. The second kappa shape index (κ2) is 4.97. The summed E-state index contributed by atoms with van der Waals surface area (Å²) in [6.45, 7) is 2.00. The summed E-state index contributed by atoms with van der Waals surface area (Å²) in [7, 11) is 1.65. The van der Waals surface area contributed by atoms with Crippen LogP contribution in [0.5, 0.6) is 0 Å². The van der Waals surface area contributed by atoms with Gasteiger partial charge in [-0.2, -0.15) is 18.3 Å². The number of amides is 1. The zero-order valence-electron chi connectivity index (χ0n) is 10.3. The number of carbonyl (C=O) groups excluding carboxylic acids is 1. The normalized spacial score (nSPS) is 13.7. The van der Waals surface area contributed by atoms with Crippen molar-refractivity contribution in [3.8, 4) is 0 Å². The minimum atomic E-state index is -4.41. The summed E-state index contributed by atoms with van der Waals surface area (Å²) in [6, 6.07) is -1.19. The van der Waals surface area contributed by atoms with Gasteiger partial charge >= 0.3 is 6.18 Å². The molecule has 0 radical (unpaired) electrons. The van der Waals surface area contributed by atoms with Crippen LogP contribution in [0, 0.1) is 13.8 Å². The fourth-order valence-electron chi connectivity index (χ4n) is 1.77. The van der Waals surface area contributed by atoms with Crippen LogP contribution < -0.4 is 11.1 Å². The van der Waals surface area contributed by atoms with Crippen molar-refractivity contribution in [3.63, 3.8) is 0 Å². The molecular formula is C10H15F3N4O. The van der Waals surface area contributed by atoms with Gasteiger partial charge in [0.05, 0.1) is 12.2 Å². The molecule has 8 heteroatoms. The smallest absolute Gasteiger partial charge is 0.368 e. The number of alkyl halides is 3. The Morgan fingerprint density at radius 2 is 2.06 bits per heavy atom. The van der Waals surface area contributed by atoms with E-state index in [9.17, 15) is 18.0 Å². The van der Waals surface area contributed by atoms with Crippen molar-refractivity contribution in [3.05, 3.63) is 17.0 Å². The van der Waals surface area contributed by atoms with Crippen LogP contribution in [-0.4, -0.2) is 28.4 Å². The Labute approximate surface area is 102 Å². The van der Waals surface area contributed by atoms with Gasteiger partial charge in [-0.15, -0.1) is 0 Å². The van der Waals surface area contributed by atoms with E-state index in [-0.39, 0.29) is 0 Å². The number of hydrogen-bond acceptors (Lipinski definition) is 3. The van der Waals surface area contributed by atoms with Crippen molar-refractivity contribution < 1.29 is 18.0 Å². The lowest BCUT2D eigenvalue weighted by Crippen LogP contribution is -2.39. The molecule has 1 atom stereocenters. The number of hydrogen-bond donors (Lipinski definition) is 2. The van der Waals surface area contributed by atoms with Gasteiger partial charge in [-0.05, 0) is 13.8 Å². The summed E-state index contributed by atoms with van der Waals surface area (Å²) >= 11 is 0. The molecule has 0 aliphatic carbocycles. The van der Waals surface area contributed by atoms with E-state index in [4.69, 9.17) is 5.73 Å². The number of nitrogens with zero attached hydrogens (tertiary/aromatic N) is 2. The topological polar surface area (TPSA) is 72.9 Å². The molecule has 1 aromatic heterocycles. The molecule has 5 nitrogen and oxygen atoms in total. The molecule has 18 heavy (non-hydrogen) atoms. The number of nitrogens with two attached hydrogens (primary N) is 1. The molecule has 102 valence electrons. The van der Waals surface area contributed by atoms with Crippen molar-refractivity contribution in [1.29, 1.82) is 0 Å². The quantitative estimate of drug-likeness (QED) is 0.841. The third-order valence-corrected chi connectivity index (χ3v) is 2.64. The highest BCUT2D eigenvalue weighted by atomic mass is 19.4. The Hall–Kier alpha value is -1.57. The van der Waals surface area contributed by atoms with Crippen LogP contribution in [0.25, 0.3) is 0 Å². The molecule has 0 spiro atoms. The zero-order chi connectivity index (χ0) is 14.1. The Bertz CT molecular complexity index is 453. The molecule has 0 bridgehead atoms. The molecule has 1 amide bonds. The molecule has 1 aromatic rings. The van der Waals surface area contributed by atoms with Crippen LogP contribution in [0.3, 0.4) is 0 Å². The standard InChI is InChI=1S/C10H15F3N4O/c1-5-7(6(2)17(3)16-5)8(9(14)18)15-4-10(11,12)13/h8,15H,4H2,1-3H3,(H2,14,18). The second-order valence-electron chi connectivity index (χ2n) is 4.04. The van der Waals surface area contributed by atoms with Crippen LogP contribution in [-0.2, 0) is 11.8 Å². The number of primary amides is 1. The molecule has 1 rings (SSSR count). The molecular weight excluding hydrogens is 249 g/mol. The van der Waals surface area contributed by atoms with E-state index < -0.39 is 24.7 Å². The van der Waals surface area contributed by atoms with Crippen molar-refractivity contribution in [2.75, 3.05) is 6.54 Å². The van der Waals surface area contributed by atoms with Gasteiger partial charge in [0.15, 0.2) is 0 Å². The maximum absolute atomic E-state index is 12.2. The van der Waals surface area contributed by atoms with E-state index >= 15 is 0 Å². The SMILES string of the molecule is Cc1nn(C)c(C)c1C(NCC(F)(F)F)C(N)=O. The first-order chi connectivity index (χ1) is 8.13. The molecule has 0 saturated heterocycles. The first-order valence-corrected chi connectivity index (χ1v) is 5.23. The summed E-state index contributed by atoms with van der Waals surface area (Å²) in [5.41, 5.74) is 6.62. The van der Waals surface area contributed by atoms with Gasteiger partial charge in [-0.25, -0.2) is 0 Å². The average Bonchev–Trinajstić information content (AvgIpc) is 2.42. The molecule has 0 aliphatic rings. The molecule has 0 aliphatic heterocycles. The summed E-state index contributed by atoms with van der Waals surface area (Å²) < 4.78 is 38.0. The Balaban J connectivity index is 3.02. The van der Waals surface area contributed by atoms with Crippen LogP contribution >= 0.6 is 0 Å². The Kier molecular flexibility index (Phi) is 4.00. The van der Waals surface area contributed by atoms with Gasteiger partial charge < -0.3 is 5.73 Å². The third-order valence-electron chi connectivity index (χ3n) is 2.64. The summed E-state index contributed by atoms with van der Waals surface area (Å²) in [6.07, 6.45) is -4.41. The van der Waals surface area contributed by atoms with E-state index in [0.29, 0.717) is 17.0 Å². The van der Waals surface area contributed by atoms with Crippen LogP contribution in [0.15, 0.2) is 0 Å². The van der Waals surface area contributed by atoms with E-state index in [0.717, 1.165) is 0 Å². The molecule has 1 unspecified atom stereocenters. The predicted octanol–water partition coefficient (Wildman–Crippen LogP) is 0.715. The highest BCUT2D eigenvalue weighted by molar-refractivity contribution is 5.82. The molecule has 1 heterocycles. The summed E-state index contributed by atoms with van der Waals surface area (Å²) in [5.74, 6) is -0.863. The van der Waals surface area contributed by atoms with Gasteiger partial charge in [-0.1, -0.05) is 0 Å². The predicted molar refractivity (Wildman–Crippen MR) is 58.7 cm³/mol. The van der Waals surface area contributed by atoms with Crippen molar-refractivity contribution in [2.45, 2.75) is 26.1 Å². The van der Waals surface area contributed by atoms with E-state index in [1.165, 1.54) is 4.68 Å². The van der Waals surface area contributed by atoms with Crippen LogP contribution in [0.1, 0.15) is 23.0 Å². The lowest BCUT2D eigenvalue weighted by Gasteiger charge is -2.17. The monoisotopic (exact) mass is 264 g/mol. The maximum atomic E-state index is 12.2. The van der Waals surface area contributed by atoms with Gasteiger partial charge in [0.2, 0.25) is 5.91 Å². The van der Waals surface area contributed by atoms with Gasteiger partial charge in [0, 0.05) is 18.3 Å². The van der Waals surface area contributed by atoms with Crippen molar-refractivity contribution in [2.24, 2.45) is 12.8 Å². The highest BCUT2D eigenvalue weighted by Gasteiger charge is 2.32. The number of aromatic nitrogens is 2. The lowest BCUT2D eigenvalue weighted by molar-refractivity contribution is -0.130. The first kappa shape index (κ1) is 14.5. The first-order valence-electron chi connectivity index (χ1n) is 5.23. The van der Waals surface area contributed by atoms with Gasteiger partial charge in [0.1, 0.15) is 6.04 Å². The molecule has 3 N–H and O–H groups in total. The fraction of sp³-hybridized carbons (Fsp3) is 0.600. The average molecular weight is 264 g/mol. The second-order valence-corrected chi connectivity index (χ2v) is 4.04. The van der Waals surface area contributed by atoms with E-state index in [1.807, 2.05) is 0 Å². The minimum Gasteiger partial charge on any atom is -0.368 e. The van der Waals surface area contributed by atoms with Crippen LogP contribution in [0.4, 0.5) is 13.2 Å². The molecule has 0 aromatic carbocycles. The zero-order valence-corrected chi connectivity index (χ0v) is 10.3. The number of halogens is 3. The minimum absolute atomic E-state index is 0.397. The Morgan fingerprint density at radius 3 is 2.39 bits per heavy atom. The summed E-state index contributed by atoms with van der Waals surface area (Å²) in [4.78, 5) is 11.3. The Morgan fingerprint density at radius 1 is 1.50 bits per heavy atom. The van der Waals surface area contributed by atoms with Crippen molar-refractivity contribution >= 4 is 5.91 Å². The third kappa shape index (κ3) is 3.22. The maximum Gasteiger partial charge on any atom is 0.401 e. The van der Waals surface area contributed by atoms with Gasteiger partial charge in [-0.3, -0.25) is 14.8 Å². The highest BCUT2D eigenvalue weighted by Crippen LogP contribution is 2.22. The fourth-order valence-corrected chi connectivity index (χ4v) is 1.77. The van der Waals surface area contributed by atoms with Gasteiger partial charge in [0.25, 0.3) is 0 Å². The molecule has 0 saturated carbocycles. The number of nitrogens with one attached hydrogen (secondary N) is 1. The number of rotatable bonds is 4. The van der Waals surface area contributed by atoms with Crippen LogP contribution in [0.2, 0.25) is 0 Å². The number of carbonyl (C=O) groups is 1. The summed E-state index contributed by atoms with van der Waals surface area (Å²) in [5, 5.41) is 6.16. The van der Waals surface area contributed by atoms with Crippen molar-refractivity contribution in [1.82, 2.24) is 15.1 Å².